The number of unbranched alkanes of at least 4 members (excludes halogenated alkanes) is 1. The van der Waals surface area contributed by atoms with Gasteiger partial charge in [-0.25, -0.2) is 8.42 Å². The molecule has 0 radical (unpaired) electrons. The van der Waals surface area contributed by atoms with Gasteiger partial charge in [0.25, 0.3) is 0 Å². The molecule has 1 aromatic rings. The highest BCUT2D eigenvalue weighted by atomic mass is 32.2. The van der Waals surface area contributed by atoms with E-state index in [9.17, 15) is 18.0 Å². The largest absolute Gasteiger partial charge is 0.465 e. The summed E-state index contributed by atoms with van der Waals surface area (Å²) in [7, 11) is -3.52. The van der Waals surface area contributed by atoms with Crippen molar-refractivity contribution >= 4 is 21.6 Å². The number of sulfone groups is 1. The molecule has 23 heavy (non-hydrogen) atoms. The minimum absolute atomic E-state index is 0.163. The maximum Gasteiger partial charge on any atom is 0.310 e. The third-order valence-corrected chi connectivity index (χ3v) is 5.79. The molecule has 1 saturated heterocycles. The molecule has 0 amide bonds. The van der Waals surface area contributed by atoms with Crippen molar-refractivity contribution in [2.24, 2.45) is 5.92 Å². The number of hydrogen-bond acceptors (Lipinski definition) is 5. The number of hydrogen-bond donors (Lipinski definition) is 0. The van der Waals surface area contributed by atoms with E-state index in [0.29, 0.717) is 19.3 Å². The Labute approximate surface area is 137 Å². The van der Waals surface area contributed by atoms with E-state index >= 15 is 0 Å². The Hall–Kier alpha value is -1.69. The molecule has 0 saturated carbocycles. The number of cyclic esters (lactones) is 1. The summed E-state index contributed by atoms with van der Waals surface area (Å²) in [6.07, 6.45) is 3.19. The lowest BCUT2D eigenvalue weighted by Crippen LogP contribution is -2.20. The summed E-state index contributed by atoms with van der Waals surface area (Å²) < 4.78 is 29.5. The zero-order chi connectivity index (χ0) is 16.9. The molecule has 1 atom stereocenters. The molecule has 1 aliphatic heterocycles. The molecular weight excluding hydrogens is 316 g/mol. The minimum atomic E-state index is -3.52. The number of carbonyl (C=O) groups is 2. The van der Waals surface area contributed by atoms with Crippen LogP contribution >= 0.6 is 0 Å². The molecule has 0 N–H and O–H groups in total. The van der Waals surface area contributed by atoms with Crippen molar-refractivity contribution < 1.29 is 22.7 Å². The highest BCUT2D eigenvalue weighted by Crippen LogP contribution is 2.21. The lowest BCUT2D eigenvalue weighted by molar-refractivity contribution is -0.140. The van der Waals surface area contributed by atoms with Gasteiger partial charge < -0.3 is 4.74 Å². The summed E-state index contributed by atoms with van der Waals surface area (Å²) in [5.41, 5.74) is 0.810. The Morgan fingerprint density at radius 2 is 1.96 bits per heavy atom. The van der Waals surface area contributed by atoms with E-state index in [1.165, 1.54) is 12.1 Å². The number of ketones is 1. The molecule has 126 valence electrons. The van der Waals surface area contributed by atoms with E-state index in [1.807, 2.05) is 6.92 Å². The lowest BCUT2D eigenvalue weighted by Gasteiger charge is -2.08. The zero-order valence-electron chi connectivity index (χ0n) is 13.3. The zero-order valence-corrected chi connectivity index (χ0v) is 14.1. The number of carbonyl (C=O) groups excluding carboxylic acids is 2. The van der Waals surface area contributed by atoms with Crippen molar-refractivity contribution in [2.75, 3.05) is 12.4 Å². The summed E-state index contributed by atoms with van der Waals surface area (Å²) in [6, 6.07) is 6.36. The number of benzene rings is 1. The van der Waals surface area contributed by atoms with Crippen LogP contribution in [0.2, 0.25) is 0 Å². The van der Waals surface area contributed by atoms with E-state index in [1.54, 1.807) is 12.1 Å². The van der Waals surface area contributed by atoms with E-state index in [-0.39, 0.29) is 23.0 Å². The maximum absolute atomic E-state index is 12.3. The van der Waals surface area contributed by atoms with Crippen molar-refractivity contribution in [3.63, 3.8) is 0 Å². The van der Waals surface area contributed by atoms with Gasteiger partial charge in [-0.15, -0.1) is 0 Å². The van der Waals surface area contributed by atoms with Crippen LogP contribution in [0.4, 0.5) is 0 Å². The lowest BCUT2D eigenvalue weighted by atomic mass is 10.1. The quantitative estimate of drug-likeness (QED) is 0.680. The molecule has 5 nitrogen and oxygen atoms in total. The van der Waals surface area contributed by atoms with Crippen molar-refractivity contribution in [1.82, 2.24) is 0 Å². The molecule has 0 aliphatic carbocycles. The Morgan fingerprint density at radius 1 is 1.26 bits per heavy atom. The average Bonchev–Trinajstić information content (AvgIpc) is 2.90. The van der Waals surface area contributed by atoms with Crippen LogP contribution < -0.4 is 0 Å². The number of Topliss-reactive ketones (excluding diaryl/α,β-unsaturated/α-hetero) is 1. The molecule has 2 rings (SSSR count). The summed E-state index contributed by atoms with van der Waals surface area (Å²) in [5, 5.41) is 0. The van der Waals surface area contributed by atoms with Gasteiger partial charge in [-0.3, -0.25) is 9.59 Å². The van der Waals surface area contributed by atoms with Gasteiger partial charge in [0.1, 0.15) is 5.78 Å². The van der Waals surface area contributed by atoms with Crippen molar-refractivity contribution in [3.05, 3.63) is 29.8 Å². The van der Waals surface area contributed by atoms with Gasteiger partial charge in [-0.1, -0.05) is 25.5 Å². The number of ether oxygens (including phenoxy) is 1. The van der Waals surface area contributed by atoms with E-state index in [2.05, 4.69) is 0 Å². The van der Waals surface area contributed by atoms with Crippen LogP contribution in [-0.4, -0.2) is 32.5 Å². The molecule has 0 spiro atoms. The normalized spacial score (nSPS) is 18.0. The van der Waals surface area contributed by atoms with Crippen molar-refractivity contribution in [1.29, 1.82) is 0 Å². The average molecular weight is 338 g/mol. The standard InChI is InChI=1S/C17H22O5S/c1-2-3-4-15(18)11-13-5-7-16(8-6-13)23(20,21)12-14-9-10-22-17(14)19/h5-8,14H,2-4,9-12H2,1H3/t14-/m1/s1. The summed E-state index contributed by atoms with van der Waals surface area (Å²) >= 11 is 0. The minimum Gasteiger partial charge on any atom is -0.465 e. The van der Waals surface area contributed by atoms with Crippen LogP contribution in [0.1, 0.15) is 38.2 Å². The number of esters is 1. The molecule has 0 aromatic heterocycles. The van der Waals surface area contributed by atoms with Gasteiger partial charge in [0.15, 0.2) is 9.84 Å². The van der Waals surface area contributed by atoms with Crippen LogP contribution in [0, 0.1) is 5.92 Å². The second kappa shape index (κ2) is 7.73. The number of rotatable bonds is 8. The first-order valence-corrected chi connectivity index (χ1v) is 9.57. The topological polar surface area (TPSA) is 77.5 Å². The predicted octanol–water partition coefficient (Wildman–Crippen LogP) is 2.33. The highest BCUT2D eigenvalue weighted by molar-refractivity contribution is 7.91. The fourth-order valence-electron chi connectivity index (χ4n) is 2.55. The second-order valence-corrected chi connectivity index (χ2v) is 7.93. The van der Waals surface area contributed by atoms with Gasteiger partial charge in [0.05, 0.1) is 23.2 Å². The molecule has 1 aromatic carbocycles. The summed E-state index contributed by atoms with van der Waals surface area (Å²) in [4.78, 5) is 23.4. The van der Waals surface area contributed by atoms with Crippen molar-refractivity contribution in [3.8, 4) is 0 Å². The summed E-state index contributed by atoms with van der Waals surface area (Å²) in [6.45, 7) is 2.32. The molecular formula is C17H22O5S. The van der Waals surface area contributed by atoms with E-state index in [4.69, 9.17) is 4.74 Å². The Bertz CT molecular complexity index is 661. The van der Waals surface area contributed by atoms with E-state index in [0.717, 1.165) is 18.4 Å². The third kappa shape index (κ3) is 4.89. The van der Waals surface area contributed by atoms with Crippen LogP contribution in [0.3, 0.4) is 0 Å². The Kier molecular flexibility index (Phi) is 5.93. The van der Waals surface area contributed by atoms with Gasteiger partial charge in [-0.05, 0) is 30.5 Å². The van der Waals surface area contributed by atoms with Gasteiger partial charge in [0, 0.05) is 12.8 Å². The first kappa shape index (κ1) is 17.7. The second-order valence-electron chi connectivity index (χ2n) is 5.90. The SMILES string of the molecule is CCCCC(=O)Cc1ccc(S(=O)(=O)C[C@H]2CCOC2=O)cc1. The van der Waals surface area contributed by atoms with E-state index < -0.39 is 21.7 Å². The first-order valence-electron chi connectivity index (χ1n) is 7.92. The molecule has 1 aliphatic rings. The molecule has 1 fully saturated rings. The van der Waals surface area contributed by atoms with Gasteiger partial charge in [0.2, 0.25) is 0 Å². The monoisotopic (exact) mass is 338 g/mol. The maximum atomic E-state index is 12.3. The smallest absolute Gasteiger partial charge is 0.310 e. The first-order chi connectivity index (χ1) is 10.9. The van der Waals surface area contributed by atoms with Crippen LogP contribution in [0.5, 0.6) is 0 Å². The fourth-order valence-corrected chi connectivity index (χ4v) is 4.13. The fraction of sp³-hybridized carbons (Fsp3) is 0.529. The van der Waals surface area contributed by atoms with Gasteiger partial charge in [-0.2, -0.15) is 0 Å². The van der Waals surface area contributed by atoms with Crippen molar-refractivity contribution in [2.45, 2.75) is 43.9 Å². The van der Waals surface area contributed by atoms with Crippen LogP contribution in [-0.2, 0) is 30.6 Å². The molecule has 1 heterocycles. The third-order valence-electron chi connectivity index (χ3n) is 3.96. The summed E-state index contributed by atoms with van der Waals surface area (Å²) in [5.74, 6) is -1.07. The Balaban J connectivity index is 2.00. The predicted molar refractivity (Wildman–Crippen MR) is 85.8 cm³/mol. The van der Waals surface area contributed by atoms with Gasteiger partial charge >= 0.3 is 5.97 Å². The van der Waals surface area contributed by atoms with Crippen LogP contribution in [0.15, 0.2) is 29.2 Å². The highest BCUT2D eigenvalue weighted by Gasteiger charge is 2.32. The molecule has 0 unspecified atom stereocenters. The Morgan fingerprint density at radius 3 is 2.52 bits per heavy atom. The molecule has 0 bridgehead atoms. The molecule has 6 heteroatoms. The van der Waals surface area contributed by atoms with Crippen LogP contribution in [0.25, 0.3) is 0 Å².